The Morgan fingerprint density at radius 1 is 1.22 bits per heavy atom. The molecule has 0 unspecified atom stereocenters. The zero-order chi connectivity index (χ0) is 16.8. The summed E-state index contributed by atoms with van der Waals surface area (Å²) in [5.74, 6) is -1.05. The molecule has 0 bridgehead atoms. The number of carboxylic acid groups (broad SMARTS) is 1. The van der Waals surface area contributed by atoms with Gasteiger partial charge < -0.3 is 14.8 Å². The molecule has 23 heavy (non-hydrogen) atoms. The number of carbonyl (C=O) groups is 2. The van der Waals surface area contributed by atoms with Crippen LogP contribution in [0, 0.1) is 0 Å². The van der Waals surface area contributed by atoms with E-state index in [1.807, 2.05) is 0 Å². The Labute approximate surface area is 142 Å². The molecule has 1 atom stereocenters. The first-order valence-electron chi connectivity index (χ1n) is 6.70. The van der Waals surface area contributed by atoms with Gasteiger partial charge in [0.05, 0.1) is 35.0 Å². The van der Waals surface area contributed by atoms with Crippen molar-refractivity contribution in [3.05, 3.63) is 52.4 Å². The van der Waals surface area contributed by atoms with Crippen LogP contribution in [0.5, 0.6) is 0 Å². The maximum Gasteiger partial charge on any atom is 0.321 e. The Morgan fingerprint density at radius 3 is 2.65 bits per heavy atom. The second-order valence-corrected chi connectivity index (χ2v) is 5.49. The number of anilines is 1. The molecule has 1 aromatic heterocycles. The minimum absolute atomic E-state index is 0.204. The summed E-state index contributed by atoms with van der Waals surface area (Å²) >= 11 is 11.8. The SMILES string of the molecule is O=C(C[C@H](NCc1ccco1)C(=O)O)Nc1cccc(Cl)c1Cl. The fourth-order valence-electron chi connectivity index (χ4n) is 1.87. The Morgan fingerprint density at radius 2 is 2.00 bits per heavy atom. The van der Waals surface area contributed by atoms with Crippen LogP contribution in [0.2, 0.25) is 10.0 Å². The van der Waals surface area contributed by atoms with E-state index in [2.05, 4.69) is 10.6 Å². The number of hydrogen-bond acceptors (Lipinski definition) is 4. The number of carboxylic acids is 1. The topological polar surface area (TPSA) is 91.6 Å². The molecule has 2 rings (SSSR count). The van der Waals surface area contributed by atoms with E-state index in [1.54, 1.807) is 30.3 Å². The molecule has 0 spiro atoms. The maximum absolute atomic E-state index is 12.0. The highest BCUT2D eigenvalue weighted by Crippen LogP contribution is 2.29. The minimum atomic E-state index is -1.14. The summed E-state index contributed by atoms with van der Waals surface area (Å²) in [6, 6.07) is 7.15. The average molecular weight is 357 g/mol. The number of nitrogens with one attached hydrogen (secondary N) is 2. The standard InChI is InChI=1S/C15H14Cl2N2O4/c16-10-4-1-5-11(14(10)17)19-13(20)7-12(15(21)22)18-8-9-3-2-6-23-9/h1-6,12,18H,7-8H2,(H,19,20)(H,21,22)/t12-/m0/s1. The van der Waals surface area contributed by atoms with Crippen LogP contribution in [-0.2, 0) is 16.1 Å². The van der Waals surface area contributed by atoms with Gasteiger partial charge in [-0.3, -0.25) is 14.9 Å². The first-order valence-corrected chi connectivity index (χ1v) is 7.45. The summed E-state index contributed by atoms with van der Waals surface area (Å²) in [6.07, 6.45) is 1.22. The van der Waals surface area contributed by atoms with Crippen LogP contribution in [0.3, 0.4) is 0 Å². The van der Waals surface area contributed by atoms with Gasteiger partial charge in [-0.15, -0.1) is 0 Å². The summed E-state index contributed by atoms with van der Waals surface area (Å²) in [5, 5.41) is 15.0. The highest BCUT2D eigenvalue weighted by molar-refractivity contribution is 6.43. The number of benzene rings is 1. The molecule has 0 fully saturated rings. The third-order valence-electron chi connectivity index (χ3n) is 3.02. The van der Waals surface area contributed by atoms with Gasteiger partial charge in [-0.05, 0) is 24.3 Å². The summed E-state index contributed by atoms with van der Waals surface area (Å²) in [5.41, 5.74) is 0.333. The molecule has 122 valence electrons. The third-order valence-corrected chi connectivity index (χ3v) is 3.83. The molecule has 1 amide bonds. The van der Waals surface area contributed by atoms with E-state index in [1.165, 1.54) is 6.26 Å². The predicted octanol–water partition coefficient (Wildman–Crippen LogP) is 3.16. The van der Waals surface area contributed by atoms with E-state index in [-0.39, 0.29) is 18.0 Å². The number of furan rings is 1. The lowest BCUT2D eigenvalue weighted by molar-refractivity contribution is -0.141. The van der Waals surface area contributed by atoms with Crippen LogP contribution >= 0.6 is 23.2 Å². The van der Waals surface area contributed by atoms with Crippen molar-refractivity contribution in [3.8, 4) is 0 Å². The van der Waals surface area contributed by atoms with Gasteiger partial charge >= 0.3 is 5.97 Å². The molecular weight excluding hydrogens is 343 g/mol. The zero-order valence-corrected chi connectivity index (χ0v) is 13.4. The first kappa shape index (κ1) is 17.3. The van der Waals surface area contributed by atoms with E-state index in [9.17, 15) is 14.7 Å². The molecule has 0 saturated heterocycles. The van der Waals surface area contributed by atoms with E-state index in [0.29, 0.717) is 16.5 Å². The van der Waals surface area contributed by atoms with Crippen molar-refractivity contribution in [1.82, 2.24) is 5.32 Å². The molecule has 3 N–H and O–H groups in total. The quantitative estimate of drug-likeness (QED) is 0.708. The van der Waals surface area contributed by atoms with E-state index in [0.717, 1.165) is 0 Å². The fourth-order valence-corrected chi connectivity index (χ4v) is 2.22. The van der Waals surface area contributed by atoms with Crippen molar-refractivity contribution >= 4 is 40.8 Å². The molecule has 1 heterocycles. The Balaban J connectivity index is 1.95. The second-order valence-electron chi connectivity index (χ2n) is 4.70. The molecule has 0 aliphatic carbocycles. The number of carbonyl (C=O) groups excluding carboxylic acids is 1. The molecular formula is C15H14Cl2N2O4. The average Bonchev–Trinajstić information content (AvgIpc) is 3.01. The minimum Gasteiger partial charge on any atom is -0.480 e. The molecule has 0 aliphatic rings. The lowest BCUT2D eigenvalue weighted by atomic mass is 10.2. The van der Waals surface area contributed by atoms with Gasteiger partial charge in [-0.2, -0.15) is 0 Å². The van der Waals surface area contributed by atoms with Crippen molar-refractivity contribution < 1.29 is 19.1 Å². The Hall–Kier alpha value is -2.02. The van der Waals surface area contributed by atoms with Crippen molar-refractivity contribution in [1.29, 1.82) is 0 Å². The normalized spacial score (nSPS) is 11.9. The highest BCUT2D eigenvalue weighted by atomic mass is 35.5. The monoisotopic (exact) mass is 356 g/mol. The van der Waals surface area contributed by atoms with Crippen LogP contribution in [0.4, 0.5) is 5.69 Å². The molecule has 6 nitrogen and oxygen atoms in total. The van der Waals surface area contributed by atoms with Crippen molar-refractivity contribution in [2.24, 2.45) is 0 Å². The lowest BCUT2D eigenvalue weighted by Gasteiger charge is -2.14. The van der Waals surface area contributed by atoms with Gasteiger partial charge in [-0.25, -0.2) is 0 Å². The van der Waals surface area contributed by atoms with Crippen LogP contribution in [-0.4, -0.2) is 23.0 Å². The zero-order valence-electron chi connectivity index (χ0n) is 11.9. The fraction of sp³-hybridized carbons (Fsp3) is 0.200. The number of rotatable bonds is 7. The highest BCUT2D eigenvalue weighted by Gasteiger charge is 2.21. The van der Waals surface area contributed by atoms with Crippen molar-refractivity contribution in [3.63, 3.8) is 0 Å². The molecule has 0 saturated carbocycles. The van der Waals surface area contributed by atoms with Crippen LogP contribution < -0.4 is 10.6 Å². The molecule has 2 aromatic rings. The number of aliphatic carboxylic acids is 1. The lowest BCUT2D eigenvalue weighted by Crippen LogP contribution is -2.39. The predicted molar refractivity (Wildman–Crippen MR) is 86.7 cm³/mol. The largest absolute Gasteiger partial charge is 0.480 e. The van der Waals surface area contributed by atoms with Crippen LogP contribution in [0.15, 0.2) is 41.0 Å². The van der Waals surface area contributed by atoms with Crippen molar-refractivity contribution in [2.45, 2.75) is 19.0 Å². The van der Waals surface area contributed by atoms with E-state index >= 15 is 0 Å². The maximum atomic E-state index is 12.0. The third kappa shape index (κ3) is 4.99. The molecule has 1 aromatic carbocycles. The summed E-state index contributed by atoms with van der Waals surface area (Å²) in [4.78, 5) is 23.3. The summed E-state index contributed by atoms with van der Waals surface area (Å²) < 4.78 is 5.11. The Kier molecular flexibility index (Phi) is 6.04. The number of halogens is 2. The Bertz CT molecular complexity index is 689. The molecule has 0 aliphatic heterocycles. The van der Waals surface area contributed by atoms with Gasteiger partial charge in [-0.1, -0.05) is 29.3 Å². The van der Waals surface area contributed by atoms with E-state index in [4.69, 9.17) is 27.6 Å². The first-order chi connectivity index (χ1) is 11.0. The molecule has 0 radical (unpaired) electrons. The van der Waals surface area contributed by atoms with Gasteiger partial charge in [0.2, 0.25) is 5.91 Å². The smallest absolute Gasteiger partial charge is 0.321 e. The van der Waals surface area contributed by atoms with E-state index < -0.39 is 17.9 Å². The van der Waals surface area contributed by atoms with Gasteiger partial charge in [0.1, 0.15) is 11.8 Å². The van der Waals surface area contributed by atoms with Crippen molar-refractivity contribution in [2.75, 3.05) is 5.32 Å². The number of hydrogen-bond donors (Lipinski definition) is 3. The summed E-state index contributed by atoms with van der Waals surface area (Å²) in [6.45, 7) is 0.204. The number of amides is 1. The second kappa shape index (κ2) is 8.01. The summed E-state index contributed by atoms with van der Waals surface area (Å²) in [7, 11) is 0. The van der Waals surface area contributed by atoms with Crippen LogP contribution in [0.25, 0.3) is 0 Å². The molecule has 8 heteroatoms. The van der Waals surface area contributed by atoms with Gasteiger partial charge in [0, 0.05) is 0 Å². The van der Waals surface area contributed by atoms with Crippen LogP contribution in [0.1, 0.15) is 12.2 Å². The van der Waals surface area contributed by atoms with Gasteiger partial charge in [0.25, 0.3) is 0 Å². The van der Waals surface area contributed by atoms with Gasteiger partial charge in [0.15, 0.2) is 0 Å².